The van der Waals surface area contributed by atoms with Crippen molar-refractivity contribution in [3.8, 4) is 17.2 Å². The Morgan fingerprint density at radius 1 is 1.09 bits per heavy atom. The topological polar surface area (TPSA) is 175 Å². The second-order valence-corrected chi connectivity index (χ2v) is 13.5. The Bertz CT molecular complexity index is 2150. The van der Waals surface area contributed by atoms with Crippen LogP contribution in [-0.2, 0) is 14.8 Å². The van der Waals surface area contributed by atoms with Crippen molar-refractivity contribution >= 4 is 60.4 Å². The largest absolute Gasteiger partial charge is 0.493 e. The van der Waals surface area contributed by atoms with E-state index in [9.17, 15) is 18.0 Å². The Kier molecular flexibility index (Phi) is 8.69. The third-order valence-electron chi connectivity index (χ3n) is 7.29. The third kappa shape index (κ3) is 6.16. The first-order chi connectivity index (χ1) is 22.1. The highest BCUT2D eigenvalue weighted by Gasteiger charge is 2.35. The summed E-state index contributed by atoms with van der Waals surface area (Å²) in [5, 5.41) is 16.1. The number of hydrogen-bond donors (Lipinski definition) is 2. The van der Waals surface area contributed by atoms with E-state index in [1.165, 1.54) is 40.2 Å². The van der Waals surface area contributed by atoms with E-state index in [2.05, 4.69) is 31.0 Å². The van der Waals surface area contributed by atoms with Crippen molar-refractivity contribution in [3.05, 3.63) is 98.9 Å². The summed E-state index contributed by atoms with van der Waals surface area (Å²) < 4.78 is 36.8. The molecule has 3 aromatic carbocycles. The number of carbonyl (C=O) groups excluding carboxylic acids is 1. The molecule has 46 heavy (non-hydrogen) atoms. The van der Waals surface area contributed by atoms with E-state index in [1.54, 1.807) is 20.3 Å². The van der Waals surface area contributed by atoms with Crippen molar-refractivity contribution in [1.29, 1.82) is 0 Å². The molecule has 6 rings (SSSR count). The average Bonchev–Trinajstić information content (AvgIpc) is 3.69. The number of hydrazone groups is 1. The number of H-pyrrole nitrogens is 1. The van der Waals surface area contributed by atoms with E-state index in [4.69, 9.17) is 19.7 Å². The number of aromatic amines is 1. The smallest absolute Gasteiger partial charge is 0.262 e. The standard InChI is InChI=1S/C30H26BrN7O6S2/c1-43-25-5-3-4-21(27(25)44-2)24-14-23(17-6-8-18(31)9-7-17)36-38(24)26(39)16-45-30-34-28-22(29(40)35-30)15-33-37(28)19-10-12-20(13-11-19)46(32,41)42/h3-13,15,24H,14,16H2,1-2H3,(H2,32,41,42)(H,34,35,40). The van der Waals surface area contributed by atoms with E-state index < -0.39 is 21.6 Å². The van der Waals surface area contributed by atoms with Gasteiger partial charge in [-0.2, -0.15) is 10.2 Å². The van der Waals surface area contributed by atoms with Gasteiger partial charge in [0.1, 0.15) is 5.39 Å². The van der Waals surface area contributed by atoms with Crippen LogP contribution in [0, 0.1) is 0 Å². The summed E-state index contributed by atoms with van der Waals surface area (Å²) in [5.74, 6) is 0.632. The fraction of sp³-hybridized carbons (Fsp3) is 0.167. The molecule has 1 aliphatic heterocycles. The first kappa shape index (κ1) is 31.5. The minimum atomic E-state index is -3.88. The number of fused-ring (bicyclic) bond motifs is 1. The van der Waals surface area contributed by atoms with Crippen molar-refractivity contribution in [2.45, 2.75) is 22.5 Å². The van der Waals surface area contributed by atoms with E-state index in [0.717, 1.165) is 33.1 Å². The number of nitrogens with zero attached hydrogens (tertiary/aromatic N) is 5. The van der Waals surface area contributed by atoms with Crippen LogP contribution in [0.15, 0.2) is 97.3 Å². The number of primary sulfonamides is 1. The number of rotatable bonds is 9. The molecule has 13 nitrogen and oxygen atoms in total. The minimum Gasteiger partial charge on any atom is -0.493 e. The predicted octanol–water partition coefficient (Wildman–Crippen LogP) is 4.01. The van der Waals surface area contributed by atoms with Crippen LogP contribution in [0.4, 0.5) is 0 Å². The van der Waals surface area contributed by atoms with Gasteiger partial charge < -0.3 is 14.5 Å². The number of amides is 1. The van der Waals surface area contributed by atoms with Crippen LogP contribution in [0.25, 0.3) is 16.7 Å². The number of benzene rings is 3. The van der Waals surface area contributed by atoms with Gasteiger partial charge in [0.25, 0.3) is 11.5 Å². The van der Waals surface area contributed by atoms with Crippen LogP contribution in [0.2, 0.25) is 0 Å². The van der Waals surface area contributed by atoms with Gasteiger partial charge in [-0.3, -0.25) is 9.59 Å². The third-order valence-corrected chi connectivity index (χ3v) is 9.61. The average molecular weight is 725 g/mol. The van der Waals surface area contributed by atoms with Gasteiger partial charge in [0.15, 0.2) is 22.3 Å². The monoisotopic (exact) mass is 723 g/mol. The molecule has 3 heterocycles. The highest BCUT2D eigenvalue weighted by atomic mass is 79.9. The summed E-state index contributed by atoms with van der Waals surface area (Å²) in [6, 6.07) is 18.4. The summed E-state index contributed by atoms with van der Waals surface area (Å²) in [6.07, 6.45) is 1.80. The molecule has 1 atom stereocenters. The van der Waals surface area contributed by atoms with Gasteiger partial charge in [0, 0.05) is 16.5 Å². The highest BCUT2D eigenvalue weighted by molar-refractivity contribution is 9.10. The molecule has 1 aliphatic rings. The Labute approximate surface area is 275 Å². The zero-order valence-corrected chi connectivity index (χ0v) is 27.6. The van der Waals surface area contributed by atoms with E-state index in [0.29, 0.717) is 23.6 Å². The fourth-order valence-corrected chi connectivity index (χ4v) is 6.59. The van der Waals surface area contributed by atoms with Gasteiger partial charge in [0.2, 0.25) is 10.0 Å². The molecular formula is C30H26BrN7O6S2. The second kappa shape index (κ2) is 12.7. The number of hydrogen-bond acceptors (Lipinski definition) is 10. The molecule has 0 aliphatic carbocycles. The molecule has 0 bridgehead atoms. The number of nitrogens with two attached hydrogens (primary N) is 1. The summed E-state index contributed by atoms with van der Waals surface area (Å²) >= 11 is 4.50. The SMILES string of the molecule is COc1cccc(C2CC(c3ccc(Br)cc3)=NN2C(=O)CSc2nc3c(cnn3-c3ccc(S(N)(=O)=O)cc3)c(=O)[nH]2)c1OC. The molecule has 0 radical (unpaired) electrons. The number of aromatic nitrogens is 4. The number of halogens is 1. The van der Waals surface area contributed by atoms with Crippen LogP contribution in [0.1, 0.15) is 23.6 Å². The molecule has 0 saturated heterocycles. The summed E-state index contributed by atoms with van der Waals surface area (Å²) in [6.45, 7) is 0. The second-order valence-electron chi connectivity index (χ2n) is 10.1. The number of ether oxygens (including phenoxy) is 2. The summed E-state index contributed by atoms with van der Waals surface area (Å²) in [4.78, 5) is 33.9. The molecule has 2 aromatic heterocycles. The van der Waals surface area contributed by atoms with Gasteiger partial charge in [-0.1, -0.05) is 52.0 Å². The van der Waals surface area contributed by atoms with Crippen LogP contribution >= 0.6 is 27.7 Å². The normalized spacial score (nSPS) is 14.8. The van der Waals surface area contributed by atoms with Crippen LogP contribution in [0.5, 0.6) is 11.5 Å². The molecule has 0 spiro atoms. The van der Waals surface area contributed by atoms with E-state index in [-0.39, 0.29) is 32.7 Å². The maximum absolute atomic E-state index is 13.8. The molecule has 1 unspecified atom stereocenters. The molecule has 5 aromatic rings. The Morgan fingerprint density at radius 2 is 1.83 bits per heavy atom. The van der Waals surface area contributed by atoms with Crippen molar-refractivity contribution in [2.75, 3.05) is 20.0 Å². The molecule has 236 valence electrons. The van der Waals surface area contributed by atoms with Crippen molar-refractivity contribution in [2.24, 2.45) is 10.2 Å². The number of nitrogens with one attached hydrogen (secondary N) is 1. The molecular weight excluding hydrogens is 698 g/mol. The molecule has 0 fully saturated rings. The Hall–Kier alpha value is -4.51. The lowest BCUT2D eigenvalue weighted by Gasteiger charge is -2.24. The molecule has 1 amide bonds. The number of thioether (sulfide) groups is 1. The lowest BCUT2D eigenvalue weighted by Crippen LogP contribution is -2.29. The number of methoxy groups -OCH3 is 2. The van der Waals surface area contributed by atoms with Crippen molar-refractivity contribution < 1.29 is 22.7 Å². The zero-order chi connectivity index (χ0) is 32.6. The van der Waals surface area contributed by atoms with Gasteiger partial charge >= 0.3 is 0 Å². The van der Waals surface area contributed by atoms with Crippen LogP contribution in [-0.4, -0.2) is 64.8 Å². The zero-order valence-electron chi connectivity index (χ0n) is 24.4. The van der Waals surface area contributed by atoms with Crippen LogP contribution in [0.3, 0.4) is 0 Å². The van der Waals surface area contributed by atoms with E-state index in [1.807, 2.05) is 36.4 Å². The highest BCUT2D eigenvalue weighted by Crippen LogP contribution is 2.42. The molecule has 0 saturated carbocycles. The number of sulfonamides is 1. The lowest BCUT2D eigenvalue weighted by molar-refractivity contribution is -0.130. The first-order valence-corrected chi connectivity index (χ1v) is 17.0. The van der Waals surface area contributed by atoms with Gasteiger partial charge in [-0.25, -0.2) is 28.2 Å². The first-order valence-electron chi connectivity index (χ1n) is 13.7. The number of carbonyl (C=O) groups is 1. The van der Waals surface area contributed by atoms with Crippen molar-refractivity contribution in [1.82, 2.24) is 24.8 Å². The van der Waals surface area contributed by atoms with E-state index >= 15 is 0 Å². The number of para-hydroxylation sites is 1. The van der Waals surface area contributed by atoms with Crippen molar-refractivity contribution in [3.63, 3.8) is 0 Å². The Morgan fingerprint density at radius 3 is 2.50 bits per heavy atom. The van der Waals surface area contributed by atoms with Gasteiger partial charge in [-0.05, 0) is 48.0 Å². The molecule has 3 N–H and O–H groups in total. The van der Waals surface area contributed by atoms with Gasteiger partial charge in [-0.15, -0.1) is 0 Å². The molecule has 16 heteroatoms. The summed E-state index contributed by atoms with van der Waals surface area (Å²) in [7, 11) is -0.782. The fourth-order valence-electron chi connectivity index (χ4n) is 5.10. The lowest BCUT2D eigenvalue weighted by atomic mass is 9.97. The summed E-state index contributed by atoms with van der Waals surface area (Å²) in [5.41, 5.74) is 2.60. The maximum atomic E-state index is 13.8. The maximum Gasteiger partial charge on any atom is 0.262 e. The Balaban J connectivity index is 1.30. The van der Waals surface area contributed by atoms with Gasteiger partial charge in [0.05, 0.1) is 48.5 Å². The predicted molar refractivity (Wildman–Crippen MR) is 176 cm³/mol. The quantitative estimate of drug-likeness (QED) is 0.168. The minimum absolute atomic E-state index is 0.0639. The van der Waals surface area contributed by atoms with Crippen LogP contribution < -0.4 is 20.2 Å².